The molecule has 0 amide bonds. The predicted octanol–water partition coefficient (Wildman–Crippen LogP) is 2.89. The fraction of sp³-hybridized carbons (Fsp3) is 0.917. The molecule has 7 heteroatoms. The predicted molar refractivity (Wildman–Crippen MR) is 66.2 cm³/mol. The summed E-state index contributed by atoms with van der Waals surface area (Å²) in [5.74, 6) is -1.58. The first-order valence-electron chi connectivity index (χ1n) is 6.28. The van der Waals surface area contributed by atoms with E-state index >= 15 is 0 Å². The zero-order valence-electron chi connectivity index (χ0n) is 12.2. The van der Waals surface area contributed by atoms with Crippen LogP contribution in [0.4, 0.5) is 4.79 Å². The summed E-state index contributed by atoms with van der Waals surface area (Å²) in [6.07, 6.45) is -0.0268. The van der Waals surface area contributed by atoms with Crippen LogP contribution < -0.4 is 0 Å². The van der Waals surface area contributed by atoms with Gasteiger partial charge >= 0.3 is 6.16 Å². The summed E-state index contributed by atoms with van der Waals surface area (Å²) in [4.78, 5) is 30.5. The maximum absolute atomic E-state index is 10.6. The standard InChI is InChI=1S/C12H24O7/c1-6-8-15-19-12(5,17-10(13)14)9-16-18-11(3,4)7-2/h6-9H2,1-5H3,(H,13,14). The maximum Gasteiger partial charge on any atom is 0.508 e. The third kappa shape index (κ3) is 8.77. The Labute approximate surface area is 113 Å². The van der Waals surface area contributed by atoms with Crippen molar-refractivity contribution < 1.29 is 34.2 Å². The van der Waals surface area contributed by atoms with Gasteiger partial charge in [-0.3, -0.25) is 0 Å². The van der Waals surface area contributed by atoms with E-state index in [1.807, 2.05) is 27.7 Å². The van der Waals surface area contributed by atoms with E-state index in [-0.39, 0.29) is 6.61 Å². The second-order valence-electron chi connectivity index (χ2n) is 4.87. The lowest BCUT2D eigenvalue weighted by Crippen LogP contribution is -2.40. The topological polar surface area (TPSA) is 83.5 Å². The third-order valence-corrected chi connectivity index (χ3v) is 2.28. The van der Waals surface area contributed by atoms with Crippen molar-refractivity contribution in [1.82, 2.24) is 0 Å². The molecule has 1 unspecified atom stereocenters. The maximum atomic E-state index is 10.6. The van der Waals surface area contributed by atoms with E-state index < -0.39 is 17.5 Å². The molecule has 0 heterocycles. The van der Waals surface area contributed by atoms with E-state index in [4.69, 9.17) is 24.7 Å². The molecule has 114 valence electrons. The highest BCUT2D eigenvalue weighted by Gasteiger charge is 2.34. The smallest absolute Gasteiger partial charge is 0.450 e. The Kier molecular flexibility index (Phi) is 7.93. The van der Waals surface area contributed by atoms with E-state index in [1.165, 1.54) is 6.92 Å². The van der Waals surface area contributed by atoms with Crippen molar-refractivity contribution in [1.29, 1.82) is 0 Å². The van der Waals surface area contributed by atoms with Crippen LogP contribution in [-0.2, 0) is 24.3 Å². The molecule has 19 heavy (non-hydrogen) atoms. The van der Waals surface area contributed by atoms with E-state index in [0.29, 0.717) is 6.61 Å². The van der Waals surface area contributed by atoms with Gasteiger partial charge in [-0.25, -0.2) is 19.5 Å². The molecule has 0 aliphatic carbocycles. The first-order valence-corrected chi connectivity index (χ1v) is 6.28. The van der Waals surface area contributed by atoms with Crippen molar-refractivity contribution in [2.75, 3.05) is 13.2 Å². The average Bonchev–Trinajstić information content (AvgIpc) is 2.28. The van der Waals surface area contributed by atoms with Crippen LogP contribution in [0.3, 0.4) is 0 Å². The van der Waals surface area contributed by atoms with Crippen molar-refractivity contribution in [3.63, 3.8) is 0 Å². The van der Waals surface area contributed by atoms with Gasteiger partial charge in [0.05, 0.1) is 12.2 Å². The van der Waals surface area contributed by atoms with Gasteiger partial charge in [-0.2, -0.15) is 4.89 Å². The van der Waals surface area contributed by atoms with Gasteiger partial charge in [0, 0.05) is 6.92 Å². The lowest BCUT2D eigenvalue weighted by molar-refractivity contribution is -0.454. The van der Waals surface area contributed by atoms with Gasteiger partial charge < -0.3 is 9.84 Å². The molecule has 0 saturated heterocycles. The lowest BCUT2D eigenvalue weighted by Gasteiger charge is -2.28. The summed E-state index contributed by atoms with van der Waals surface area (Å²) in [7, 11) is 0. The average molecular weight is 280 g/mol. The Morgan fingerprint density at radius 2 is 1.74 bits per heavy atom. The van der Waals surface area contributed by atoms with Crippen LogP contribution in [0.1, 0.15) is 47.5 Å². The van der Waals surface area contributed by atoms with Crippen molar-refractivity contribution in [2.45, 2.75) is 58.8 Å². The van der Waals surface area contributed by atoms with Gasteiger partial charge in [0.1, 0.15) is 0 Å². The number of rotatable bonds is 10. The highest BCUT2D eigenvalue weighted by Crippen LogP contribution is 2.18. The molecule has 0 bridgehead atoms. The minimum Gasteiger partial charge on any atom is -0.450 e. The highest BCUT2D eigenvalue weighted by atomic mass is 17.3. The molecule has 0 aromatic rings. The van der Waals surface area contributed by atoms with Crippen LogP contribution in [0, 0.1) is 0 Å². The monoisotopic (exact) mass is 280 g/mol. The minimum atomic E-state index is -1.58. The highest BCUT2D eigenvalue weighted by molar-refractivity contribution is 5.57. The Morgan fingerprint density at radius 1 is 1.11 bits per heavy atom. The first kappa shape index (κ1) is 18.1. The lowest BCUT2D eigenvalue weighted by atomic mass is 10.1. The number of ether oxygens (including phenoxy) is 1. The summed E-state index contributed by atoms with van der Waals surface area (Å²) < 4.78 is 4.60. The number of carboxylic acid groups (broad SMARTS) is 1. The molecule has 1 atom stereocenters. The van der Waals surface area contributed by atoms with Crippen molar-refractivity contribution in [3.05, 3.63) is 0 Å². The summed E-state index contributed by atoms with van der Waals surface area (Å²) in [6.45, 7) is 8.98. The summed E-state index contributed by atoms with van der Waals surface area (Å²) in [6, 6.07) is 0. The Morgan fingerprint density at radius 3 is 2.21 bits per heavy atom. The van der Waals surface area contributed by atoms with Gasteiger partial charge in [0.2, 0.25) is 0 Å². The Hall–Kier alpha value is -0.890. The largest absolute Gasteiger partial charge is 0.508 e. The molecule has 0 aliphatic rings. The molecule has 1 N–H and O–H groups in total. The molecular weight excluding hydrogens is 256 g/mol. The molecule has 0 aromatic carbocycles. The molecule has 0 aromatic heterocycles. The normalized spacial score (nSPS) is 15.0. The summed E-state index contributed by atoms with van der Waals surface area (Å²) in [5, 5.41) is 8.66. The number of carbonyl (C=O) groups is 1. The van der Waals surface area contributed by atoms with Gasteiger partial charge in [-0.15, -0.1) is 0 Å². The van der Waals surface area contributed by atoms with Gasteiger partial charge in [0.25, 0.3) is 5.79 Å². The minimum absolute atomic E-state index is 0.244. The molecule has 0 saturated carbocycles. The molecule has 0 radical (unpaired) electrons. The molecule has 0 rings (SSSR count). The number of hydrogen-bond acceptors (Lipinski definition) is 6. The van der Waals surface area contributed by atoms with Gasteiger partial charge in [0.15, 0.2) is 6.61 Å². The third-order valence-electron chi connectivity index (χ3n) is 2.28. The molecule has 0 aliphatic heterocycles. The van der Waals surface area contributed by atoms with Crippen molar-refractivity contribution >= 4 is 6.16 Å². The summed E-state index contributed by atoms with van der Waals surface area (Å²) >= 11 is 0. The van der Waals surface area contributed by atoms with Crippen LogP contribution in [0.25, 0.3) is 0 Å². The fourth-order valence-corrected chi connectivity index (χ4v) is 0.860. The van der Waals surface area contributed by atoms with E-state index in [1.54, 1.807) is 0 Å². The van der Waals surface area contributed by atoms with Crippen LogP contribution >= 0.6 is 0 Å². The Balaban J connectivity index is 4.29. The Bertz CT molecular complexity index is 267. The quantitative estimate of drug-likeness (QED) is 0.216. The zero-order chi connectivity index (χ0) is 14.9. The van der Waals surface area contributed by atoms with Crippen molar-refractivity contribution in [3.8, 4) is 0 Å². The van der Waals surface area contributed by atoms with Crippen LogP contribution in [0.5, 0.6) is 0 Å². The van der Waals surface area contributed by atoms with Gasteiger partial charge in [-0.05, 0) is 26.7 Å². The van der Waals surface area contributed by atoms with E-state index in [9.17, 15) is 4.79 Å². The molecule has 0 fully saturated rings. The van der Waals surface area contributed by atoms with Crippen LogP contribution in [0.2, 0.25) is 0 Å². The SMILES string of the molecule is CCCOOC(C)(COOC(C)(C)CC)OC(=O)O. The fourth-order valence-electron chi connectivity index (χ4n) is 0.860. The van der Waals surface area contributed by atoms with Crippen LogP contribution in [-0.4, -0.2) is 35.9 Å². The van der Waals surface area contributed by atoms with Gasteiger partial charge in [-0.1, -0.05) is 13.8 Å². The second kappa shape index (κ2) is 8.31. The second-order valence-corrected chi connectivity index (χ2v) is 4.87. The molecule has 7 nitrogen and oxygen atoms in total. The van der Waals surface area contributed by atoms with Crippen LogP contribution in [0.15, 0.2) is 0 Å². The zero-order valence-corrected chi connectivity index (χ0v) is 12.2. The van der Waals surface area contributed by atoms with Crippen molar-refractivity contribution in [2.24, 2.45) is 0 Å². The number of hydrogen-bond donors (Lipinski definition) is 1. The van der Waals surface area contributed by atoms with E-state index in [2.05, 4.69) is 4.74 Å². The molecule has 0 spiro atoms. The molecular formula is C12H24O7. The van der Waals surface area contributed by atoms with E-state index in [0.717, 1.165) is 12.8 Å². The first-order chi connectivity index (χ1) is 8.74. The summed E-state index contributed by atoms with van der Waals surface area (Å²) in [5.41, 5.74) is -0.478.